The molecular weight excluding hydrogens is 526 g/mol. The summed E-state index contributed by atoms with van der Waals surface area (Å²) in [4.78, 5) is 17.0. The highest BCUT2D eigenvalue weighted by atomic mass is 35.5. The van der Waals surface area contributed by atoms with Crippen LogP contribution in [0.5, 0.6) is 0 Å². The molecule has 1 N–H and O–H groups in total. The number of anilines is 1. The number of sulfonamides is 1. The third-order valence-corrected chi connectivity index (χ3v) is 8.54. The van der Waals surface area contributed by atoms with Gasteiger partial charge in [0.2, 0.25) is 0 Å². The van der Waals surface area contributed by atoms with Crippen LogP contribution in [0.25, 0.3) is 0 Å². The Morgan fingerprint density at radius 1 is 0.973 bits per heavy atom. The number of pyridine rings is 1. The van der Waals surface area contributed by atoms with Crippen molar-refractivity contribution in [1.29, 1.82) is 0 Å². The number of carbonyl (C=O) groups excluding carboxylic acids is 1. The maximum Gasteiger partial charge on any atom is 0.264 e. The summed E-state index contributed by atoms with van der Waals surface area (Å²) in [6.07, 6.45) is 1.74. The number of nitrogens with one attached hydrogen (secondary N) is 1. The van der Waals surface area contributed by atoms with Gasteiger partial charge in [-0.1, -0.05) is 54.1 Å². The zero-order chi connectivity index (χ0) is 26.3. The molecule has 4 aromatic rings. The van der Waals surface area contributed by atoms with Gasteiger partial charge in [0.15, 0.2) is 0 Å². The second-order valence-electron chi connectivity index (χ2n) is 8.22. The molecule has 0 radical (unpaired) electrons. The highest BCUT2D eigenvalue weighted by Gasteiger charge is 2.26. The van der Waals surface area contributed by atoms with Crippen LogP contribution in [0.3, 0.4) is 0 Å². The molecule has 6 nitrogen and oxygen atoms in total. The van der Waals surface area contributed by atoms with Crippen molar-refractivity contribution in [2.24, 2.45) is 0 Å². The number of thioether (sulfide) groups is 1. The van der Waals surface area contributed by atoms with Gasteiger partial charge in [0, 0.05) is 29.1 Å². The molecule has 0 fully saturated rings. The molecular formula is C28H26ClN3O3S2. The first-order valence-electron chi connectivity index (χ1n) is 11.6. The lowest BCUT2D eigenvalue weighted by Gasteiger charge is -2.26. The molecule has 0 aliphatic carbocycles. The van der Waals surface area contributed by atoms with Gasteiger partial charge in [-0.15, -0.1) is 11.8 Å². The second-order valence-corrected chi connectivity index (χ2v) is 11.6. The Labute approximate surface area is 226 Å². The van der Waals surface area contributed by atoms with Crippen molar-refractivity contribution in [2.45, 2.75) is 23.4 Å². The number of amides is 1. The van der Waals surface area contributed by atoms with Crippen LogP contribution in [0, 0.1) is 6.92 Å². The van der Waals surface area contributed by atoms with E-state index in [9.17, 15) is 13.2 Å². The van der Waals surface area contributed by atoms with Gasteiger partial charge in [-0.2, -0.15) is 0 Å². The number of benzene rings is 3. The molecule has 1 aromatic heterocycles. The van der Waals surface area contributed by atoms with Crippen LogP contribution in [0.15, 0.2) is 107 Å². The smallest absolute Gasteiger partial charge is 0.264 e. The summed E-state index contributed by atoms with van der Waals surface area (Å²) in [5.41, 5.74) is 2.52. The molecule has 1 amide bonds. The Hall–Kier alpha value is -3.33. The maximum atomic E-state index is 13.6. The van der Waals surface area contributed by atoms with Crippen molar-refractivity contribution in [3.63, 3.8) is 0 Å². The number of aromatic nitrogens is 1. The molecule has 0 saturated carbocycles. The fourth-order valence-electron chi connectivity index (χ4n) is 3.65. The minimum Gasteiger partial charge on any atom is -0.351 e. The van der Waals surface area contributed by atoms with Crippen LogP contribution in [-0.2, 0) is 16.6 Å². The lowest BCUT2D eigenvalue weighted by atomic mass is 10.1. The van der Waals surface area contributed by atoms with Crippen molar-refractivity contribution in [3.05, 3.63) is 119 Å². The molecule has 37 heavy (non-hydrogen) atoms. The van der Waals surface area contributed by atoms with E-state index in [4.69, 9.17) is 11.6 Å². The van der Waals surface area contributed by atoms with Crippen molar-refractivity contribution in [3.8, 4) is 0 Å². The minimum atomic E-state index is -3.87. The van der Waals surface area contributed by atoms with Crippen LogP contribution in [0.4, 0.5) is 5.69 Å². The molecule has 9 heteroatoms. The normalized spacial score (nSPS) is 11.2. The summed E-state index contributed by atoms with van der Waals surface area (Å²) in [6, 6.07) is 26.1. The highest BCUT2D eigenvalue weighted by Crippen LogP contribution is 2.31. The van der Waals surface area contributed by atoms with Gasteiger partial charge in [-0.05, 0) is 66.6 Å². The van der Waals surface area contributed by atoms with Gasteiger partial charge >= 0.3 is 0 Å². The predicted molar refractivity (Wildman–Crippen MR) is 150 cm³/mol. The van der Waals surface area contributed by atoms with Gasteiger partial charge in [0.1, 0.15) is 0 Å². The third kappa shape index (κ3) is 6.91. The van der Waals surface area contributed by atoms with Gasteiger partial charge in [0.05, 0.1) is 22.2 Å². The SMILES string of the molecule is Cc1ccc(Cl)cc1N(Cc1ccc(C(=O)NCCSc2ccccn2)cc1)S(=O)(=O)c1ccccc1. The van der Waals surface area contributed by atoms with E-state index >= 15 is 0 Å². The molecule has 4 rings (SSSR count). The first kappa shape index (κ1) is 26.7. The van der Waals surface area contributed by atoms with E-state index in [1.807, 2.05) is 25.1 Å². The number of nitrogens with zero attached hydrogens (tertiary/aromatic N) is 2. The van der Waals surface area contributed by atoms with Crippen LogP contribution < -0.4 is 9.62 Å². The molecule has 0 unspecified atom stereocenters. The largest absolute Gasteiger partial charge is 0.351 e. The predicted octanol–water partition coefficient (Wildman–Crippen LogP) is 5.96. The summed E-state index contributed by atoms with van der Waals surface area (Å²) in [5, 5.41) is 4.26. The molecule has 0 bridgehead atoms. The molecule has 1 heterocycles. The van der Waals surface area contributed by atoms with E-state index in [1.54, 1.807) is 90.8 Å². The Balaban J connectivity index is 1.48. The van der Waals surface area contributed by atoms with E-state index in [0.717, 1.165) is 16.2 Å². The van der Waals surface area contributed by atoms with Crippen molar-refractivity contribution in [1.82, 2.24) is 10.3 Å². The van der Waals surface area contributed by atoms with Gasteiger partial charge < -0.3 is 5.32 Å². The number of rotatable bonds is 10. The lowest BCUT2D eigenvalue weighted by Crippen LogP contribution is -2.31. The number of hydrogen-bond donors (Lipinski definition) is 1. The van der Waals surface area contributed by atoms with E-state index in [-0.39, 0.29) is 17.3 Å². The molecule has 3 aromatic carbocycles. The summed E-state index contributed by atoms with van der Waals surface area (Å²) in [5.74, 6) is 0.513. The first-order valence-corrected chi connectivity index (χ1v) is 14.4. The summed E-state index contributed by atoms with van der Waals surface area (Å²) in [6.45, 7) is 2.43. The number of hydrogen-bond acceptors (Lipinski definition) is 5. The van der Waals surface area contributed by atoms with Gasteiger partial charge in [-0.3, -0.25) is 9.10 Å². The van der Waals surface area contributed by atoms with Gasteiger partial charge in [-0.25, -0.2) is 13.4 Å². The van der Waals surface area contributed by atoms with Crippen LogP contribution >= 0.6 is 23.4 Å². The zero-order valence-corrected chi connectivity index (χ0v) is 22.6. The van der Waals surface area contributed by atoms with E-state index < -0.39 is 10.0 Å². The molecule has 0 aliphatic rings. The first-order chi connectivity index (χ1) is 17.8. The molecule has 0 saturated heterocycles. The Kier molecular flexibility index (Phi) is 8.87. The zero-order valence-electron chi connectivity index (χ0n) is 20.2. The fraction of sp³-hybridized carbons (Fsp3) is 0.143. The van der Waals surface area contributed by atoms with E-state index in [2.05, 4.69) is 10.3 Å². The second kappa shape index (κ2) is 12.3. The summed E-state index contributed by atoms with van der Waals surface area (Å²) < 4.78 is 28.6. The molecule has 0 spiro atoms. The average Bonchev–Trinajstić information content (AvgIpc) is 2.92. The molecule has 0 aliphatic heterocycles. The summed E-state index contributed by atoms with van der Waals surface area (Å²) in [7, 11) is -3.87. The molecule has 190 valence electrons. The van der Waals surface area contributed by atoms with Crippen molar-refractivity contribution >= 4 is 45.0 Å². The fourth-order valence-corrected chi connectivity index (χ4v) is 6.07. The van der Waals surface area contributed by atoms with Crippen molar-refractivity contribution < 1.29 is 13.2 Å². The maximum absolute atomic E-state index is 13.6. The highest BCUT2D eigenvalue weighted by molar-refractivity contribution is 7.99. The number of aryl methyl sites for hydroxylation is 1. The number of halogens is 1. The standard InChI is InChI=1S/C28H26ClN3O3S2/c1-21-10-15-24(29)19-26(21)32(37(34,35)25-7-3-2-4-8-25)20-22-11-13-23(14-12-22)28(33)31-17-18-36-27-9-5-6-16-30-27/h2-16,19H,17-18,20H2,1H3,(H,31,33). The van der Waals surface area contributed by atoms with Crippen LogP contribution in [0.2, 0.25) is 5.02 Å². The average molecular weight is 552 g/mol. The Bertz CT molecular complexity index is 1450. The van der Waals surface area contributed by atoms with E-state index in [0.29, 0.717) is 28.6 Å². The summed E-state index contributed by atoms with van der Waals surface area (Å²) >= 11 is 7.80. The van der Waals surface area contributed by atoms with Gasteiger partial charge in [0.25, 0.3) is 15.9 Å². The monoisotopic (exact) mass is 551 g/mol. The van der Waals surface area contributed by atoms with Crippen LogP contribution in [-0.4, -0.2) is 31.6 Å². The Morgan fingerprint density at radius 2 is 1.70 bits per heavy atom. The van der Waals surface area contributed by atoms with E-state index in [1.165, 1.54) is 4.31 Å². The Morgan fingerprint density at radius 3 is 2.41 bits per heavy atom. The quantitative estimate of drug-likeness (QED) is 0.194. The topological polar surface area (TPSA) is 79.4 Å². The van der Waals surface area contributed by atoms with Crippen molar-refractivity contribution in [2.75, 3.05) is 16.6 Å². The number of carbonyl (C=O) groups is 1. The molecule has 0 atom stereocenters. The van der Waals surface area contributed by atoms with Crippen LogP contribution in [0.1, 0.15) is 21.5 Å². The third-order valence-electron chi connectivity index (χ3n) is 5.59. The minimum absolute atomic E-state index is 0.0843. The lowest BCUT2D eigenvalue weighted by molar-refractivity contribution is 0.0956.